The van der Waals surface area contributed by atoms with Crippen molar-refractivity contribution >= 4 is 17.9 Å². The number of aliphatic carboxylic acids is 2. The standard InChI is InChI=1S/C22H28F12O8/c1-10(7-12(41-6-4-3-5-35)8-13(15(38)39)11(2)14(36)37)16(40)42-9-18(25,26)20(29,30)22(33,34)21(31,32)19(27,28)17(23)24/h10-13,17,35H,3-9H2,1-2H3,(H,36,37)(H,38,39). The first-order chi connectivity index (χ1) is 18.8. The van der Waals surface area contributed by atoms with E-state index in [4.69, 9.17) is 14.9 Å². The van der Waals surface area contributed by atoms with E-state index in [2.05, 4.69) is 4.74 Å². The van der Waals surface area contributed by atoms with Crippen LogP contribution in [0.15, 0.2) is 0 Å². The molecule has 20 heteroatoms. The predicted molar refractivity (Wildman–Crippen MR) is 114 cm³/mol. The van der Waals surface area contributed by atoms with Crippen LogP contribution in [0.4, 0.5) is 52.7 Å². The Balaban J connectivity index is 5.80. The Bertz CT molecular complexity index is 916. The molecule has 0 spiro atoms. The average molecular weight is 648 g/mol. The maximum absolute atomic E-state index is 13.9. The lowest BCUT2D eigenvalue weighted by atomic mass is 9.86. The molecule has 0 aromatic rings. The van der Waals surface area contributed by atoms with Crippen LogP contribution in [0.5, 0.6) is 0 Å². The maximum Gasteiger partial charge on any atom is 0.384 e. The lowest BCUT2D eigenvalue weighted by Crippen LogP contribution is -2.69. The van der Waals surface area contributed by atoms with Gasteiger partial charge in [0.15, 0.2) is 6.61 Å². The number of unbranched alkanes of at least 4 members (excludes halogenated alkanes) is 1. The zero-order chi connectivity index (χ0) is 33.5. The number of carbonyl (C=O) groups is 3. The molecule has 4 atom stereocenters. The van der Waals surface area contributed by atoms with E-state index >= 15 is 0 Å². The largest absolute Gasteiger partial charge is 0.481 e. The highest BCUT2D eigenvalue weighted by Gasteiger charge is 2.87. The lowest BCUT2D eigenvalue weighted by Gasteiger charge is -2.39. The summed E-state index contributed by atoms with van der Waals surface area (Å²) in [5.41, 5.74) is 0. The molecule has 0 aromatic carbocycles. The zero-order valence-electron chi connectivity index (χ0n) is 21.8. The molecule has 0 aliphatic carbocycles. The summed E-state index contributed by atoms with van der Waals surface area (Å²) in [6, 6.07) is 0. The van der Waals surface area contributed by atoms with Gasteiger partial charge in [0.25, 0.3) is 0 Å². The maximum atomic E-state index is 13.9. The van der Waals surface area contributed by atoms with Gasteiger partial charge in [-0.3, -0.25) is 14.4 Å². The van der Waals surface area contributed by atoms with Crippen molar-refractivity contribution in [3.63, 3.8) is 0 Å². The Labute approximate surface area is 229 Å². The van der Waals surface area contributed by atoms with Crippen LogP contribution >= 0.6 is 0 Å². The third-order valence-electron chi connectivity index (χ3n) is 6.09. The minimum Gasteiger partial charge on any atom is -0.481 e. The molecule has 0 aromatic heterocycles. The molecule has 0 saturated heterocycles. The molecule has 248 valence electrons. The third kappa shape index (κ3) is 8.76. The Morgan fingerprint density at radius 1 is 0.762 bits per heavy atom. The van der Waals surface area contributed by atoms with Crippen molar-refractivity contribution in [1.82, 2.24) is 0 Å². The van der Waals surface area contributed by atoms with Gasteiger partial charge < -0.3 is 24.8 Å². The number of halogens is 12. The molecule has 0 amide bonds. The van der Waals surface area contributed by atoms with Crippen LogP contribution in [0.3, 0.4) is 0 Å². The molecule has 42 heavy (non-hydrogen) atoms. The Kier molecular flexibility index (Phi) is 13.9. The van der Waals surface area contributed by atoms with Crippen molar-refractivity contribution in [2.24, 2.45) is 17.8 Å². The quantitative estimate of drug-likeness (QED) is 0.0960. The normalized spacial score (nSPS) is 16.6. The topological polar surface area (TPSA) is 130 Å². The van der Waals surface area contributed by atoms with E-state index in [0.717, 1.165) is 13.8 Å². The molecule has 0 fully saturated rings. The number of esters is 1. The highest BCUT2D eigenvalue weighted by molar-refractivity contribution is 5.79. The van der Waals surface area contributed by atoms with E-state index in [1.807, 2.05) is 0 Å². The number of carboxylic acids is 2. The van der Waals surface area contributed by atoms with Crippen LogP contribution in [0.1, 0.15) is 39.5 Å². The number of aliphatic hydroxyl groups is 1. The zero-order valence-corrected chi connectivity index (χ0v) is 21.8. The summed E-state index contributed by atoms with van der Waals surface area (Å²) >= 11 is 0. The number of carbonyl (C=O) groups excluding carboxylic acids is 1. The smallest absolute Gasteiger partial charge is 0.384 e. The molecule has 8 nitrogen and oxygen atoms in total. The molecule has 4 unspecified atom stereocenters. The lowest BCUT2D eigenvalue weighted by molar-refractivity contribution is -0.414. The summed E-state index contributed by atoms with van der Waals surface area (Å²) in [7, 11) is 0. The van der Waals surface area contributed by atoms with Crippen molar-refractivity contribution in [2.45, 2.75) is 81.7 Å². The fourth-order valence-corrected chi connectivity index (χ4v) is 3.33. The van der Waals surface area contributed by atoms with Crippen LogP contribution in [0.2, 0.25) is 0 Å². The first-order valence-corrected chi connectivity index (χ1v) is 11.8. The summed E-state index contributed by atoms with van der Waals surface area (Å²) in [5.74, 6) is -46.6. The van der Waals surface area contributed by atoms with E-state index < -0.39 is 97.3 Å². The number of aliphatic hydroxyl groups excluding tert-OH is 1. The Hall–Kier alpha value is -2.51. The Morgan fingerprint density at radius 3 is 1.71 bits per heavy atom. The minimum atomic E-state index is -7.79. The monoisotopic (exact) mass is 648 g/mol. The molecule has 0 rings (SSSR count). The molecule has 0 heterocycles. The molecule has 3 N–H and O–H groups in total. The van der Waals surface area contributed by atoms with E-state index in [-0.39, 0.29) is 26.1 Å². The SMILES string of the molecule is CC(CC(CC(C(=O)O)C(C)C(=O)O)OCCCCO)C(=O)OCC(F)(F)C(F)(F)C(F)(F)C(F)(F)C(F)(F)C(F)F. The number of rotatable bonds is 20. The summed E-state index contributed by atoms with van der Waals surface area (Å²) in [6.45, 7) is -1.75. The van der Waals surface area contributed by atoms with Gasteiger partial charge in [-0.1, -0.05) is 13.8 Å². The number of hydrogen-bond acceptors (Lipinski definition) is 6. The number of hydrogen-bond donors (Lipinski definition) is 3. The van der Waals surface area contributed by atoms with Gasteiger partial charge >= 0.3 is 53.9 Å². The van der Waals surface area contributed by atoms with E-state index in [0.29, 0.717) is 0 Å². The number of carboxylic acid groups (broad SMARTS) is 2. The number of alkyl halides is 12. The fraction of sp³-hybridized carbons (Fsp3) is 0.864. The minimum absolute atomic E-state index is 0.156. The van der Waals surface area contributed by atoms with Crippen molar-refractivity contribution in [3.05, 3.63) is 0 Å². The van der Waals surface area contributed by atoms with Gasteiger partial charge in [0.1, 0.15) is 0 Å². The predicted octanol–water partition coefficient (Wildman–Crippen LogP) is 4.97. The van der Waals surface area contributed by atoms with Crippen LogP contribution in [0, 0.1) is 17.8 Å². The van der Waals surface area contributed by atoms with Crippen LogP contribution in [-0.4, -0.2) is 95.2 Å². The van der Waals surface area contributed by atoms with Crippen molar-refractivity contribution in [1.29, 1.82) is 0 Å². The first-order valence-electron chi connectivity index (χ1n) is 11.8. The summed E-state index contributed by atoms with van der Waals surface area (Å²) in [6.07, 6.45) is -7.98. The average Bonchev–Trinajstić information content (AvgIpc) is 2.86. The van der Waals surface area contributed by atoms with E-state index in [1.54, 1.807) is 0 Å². The summed E-state index contributed by atoms with van der Waals surface area (Å²) < 4.78 is 169. The van der Waals surface area contributed by atoms with Gasteiger partial charge in [-0.15, -0.1) is 0 Å². The van der Waals surface area contributed by atoms with Gasteiger partial charge in [-0.05, 0) is 25.7 Å². The fourth-order valence-electron chi connectivity index (χ4n) is 3.33. The second-order valence-corrected chi connectivity index (χ2v) is 9.33. The van der Waals surface area contributed by atoms with Gasteiger partial charge in [0.2, 0.25) is 0 Å². The molecular formula is C22H28F12O8. The van der Waals surface area contributed by atoms with E-state index in [1.165, 1.54) is 0 Å². The second kappa shape index (κ2) is 14.8. The van der Waals surface area contributed by atoms with Crippen molar-refractivity contribution < 1.29 is 91.9 Å². The molecule has 0 bridgehead atoms. The van der Waals surface area contributed by atoms with Gasteiger partial charge in [-0.2, -0.15) is 43.9 Å². The van der Waals surface area contributed by atoms with Crippen molar-refractivity contribution in [3.8, 4) is 0 Å². The molecule has 0 aliphatic rings. The van der Waals surface area contributed by atoms with Gasteiger partial charge in [0.05, 0.1) is 23.9 Å². The molecule has 0 radical (unpaired) electrons. The van der Waals surface area contributed by atoms with Crippen LogP contribution in [-0.2, 0) is 23.9 Å². The highest BCUT2D eigenvalue weighted by atomic mass is 19.4. The second-order valence-electron chi connectivity index (χ2n) is 9.33. The number of ether oxygens (including phenoxy) is 2. The van der Waals surface area contributed by atoms with Crippen molar-refractivity contribution in [2.75, 3.05) is 19.8 Å². The Morgan fingerprint density at radius 2 is 1.29 bits per heavy atom. The summed E-state index contributed by atoms with van der Waals surface area (Å²) in [5, 5.41) is 27.3. The molecular weight excluding hydrogens is 620 g/mol. The summed E-state index contributed by atoms with van der Waals surface area (Å²) in [4.78, 5) is 34.9. The van der Waals surface area contributed by atoms with Crippen LogP contribution < -0.4 is 0 Å². The highest BCUT2D eigenvalue weighted by Crippen LogP contribution is 2.58. The molecule has 0 aliphatic heterocycles. The van der Waals surface area contributed by atoms with Crippen LogP contribution in [0.25, 0.3) is 0 Å². The molecule has 0 saturated carbocycles. The van der Waals surface area contributed by atoms with E-state index in [9.17, 15) is 72.2 Å². The van der Waals surface area contributed by atoms with Gasteiger partial charge in [0, 0.05) is 13.2 Å². The first kappa shape index (κ1) is 39.5. The third-order valence-corrected chi connectivity index (χ3v) is 6.09. The van der Waals surface area contributed by atoms with Gasteiger partial charge in [-0.25, -0.2) is 8.78 Å².